The first-order valence-electron chi connectivity index (χ1n) is 32.4. The smallest absolute Gasteiger partial charge is 0.379 e. The summed E-state index contributed by atoms with van der Waals surface area (Å²) in [6.45, 7) is 16.2. The van der Waals surface area contributed by atoms with Gasteiger partial charge in [-0.1, -0.05) is 19.1 Å². The quantitative estimate of drug-likeness (QED) is 0.0448. The van der Waals surface area contributed by atoms with Crippen LogP contribution < -0.4 is 16.4 Å². The number of Topliss-reactive ketones (excluding diaryl/α,β-unsaturated/α-hetero) is 1. The fourth-order valence-corrected chi connectivity index (χ4v) is 6.93. The molecule has 29 nitrogen and oxygen atoms in total. The van der Waals surface area contributed by atoms with Gasteiger partial charge in [-0.05, 0) is 19.3 Å². The van der Waals surface area contributed by atoms with E-state index in [4.69, 9.17) is 122 Å². The molecular formula is C59H109F8N3O26S. The Morgan fingerprint density at radius 3 is 0.742 bits per heavy atom. The third-order valence-electron chi connectivity index (χ3n) is 11.4. The molecule has 0 heterocycles. The summed E-state index contributed by atoms with van der Waals surface area (Å²) in [5.74, 6) is -5.04. The summed E-state index contributed by atoms with van der Waals surface area (Å²) in [6, 6.07) is 0. The first-order chi connectivity index (χ1) is 47.0. The second kappa shape index (κ2) is 69.2. The van der Waals surface area contributed by atoms with Crippen molar-refractivity contribution in [3.05, 3.63) is 0 Å². The van der Waals surface area contributed by atoms with E-state index in [2.05, 4.69) is 21.7 Å². The highest BCUT2D eigenvalue weighted by Crippen LogP contribution is 2.43. The summed E-state index contributed by atoms with van der Waals surface area (Å²) >= 11 is 5.17. The summed E-state index contributed by atoms with van der Waals surface area (Å²) in [7, 11) is 0. The molecular weight excluding hydrogens is 1350 g/mol. The number of halogens is 8. The molecule has 0 saturated carbocycles. The van der Waals surface area contributed by atoms with E-state index in [9.17, 15) is 44.7 Å². The summed E-state index contributed by atoms with van der Waals surface area (Å²) in [4.78, 5) is 24.5. The molecule has 1 amide bonds. The van der Waals surface area contributed by atoms with Crippen molar-refractivity contribution >= 4 is 28.9 Å². The Labute approximate surface area is 569 Å². The van der Waals surface area contributed by atoms with Crippen molar-refractivity contribution < 1.29 is 158 Å². The van der Waals surface area contributed by atoms with E-state index in [-0.39, 0.29) is 79.3 Å². The van der Waals surface area contributed by atoms with Crippen LogP contribution in [-0.2, 0) is 123 Å². The van der Waals surface area contributed by atoms with Crippen LogP contribution in [-0.4, -0.2) is 351 Å². The predicted octanol–water partition coefficient (Wildman–Crippen LogP) is 2.90. The van der Waals surface area contributed by atoms with E-state index in [1.54, 1.807) is 0 Å². The van der Waals surface area contributed by atoms with Crippen LogP contribution in [0.5, 0.6) is 0 Å². The molecule has 38 heteroatoms. The standard InChI is InChI=1S/C59H109F8N3O26S/c1-2-4-54(97)69-7-11-75-15-19-79-23-27-83-31-35-87-39-43-91-47-51-94-52-48-92-44-40-88-36-32-84-28-24-80-20-16-76-12-8-70-55(72)57(62,63)96-59(66,67)58(64,65)95-56(60,61)53(71)5-3-9-73-13-17-77-21-25-81-29-33-85-37-41-89-45-49-93-50-46-90-42-38-86-34-30-82-26-22-78-18-14-74-10-6-68/h2-52,68H2,1H3,(H,69,97)(H,70,72). The largest absolute Gasteiger partial charge is 0.453 e. The number of amides is 1. The molecule has 0 unspecified atom stereocenters. The normalized spacial score (nSPS) is 12.4. The predicted molar refractivity (Wildman–Crippen MR) is 332 cm³/mol. The van der Waals surface area contributed by atoms with E-state index in [1.165, 1.54) is 5.32 Å². The molecule has 0 aromatic heterocycles. The lowest BCUT2D eigenvalue weighted by Crippen LogP contribution is -2.56. The molecule has 0 rings (SSSR count). The fourth-order valence-electron chi connectivity index (χ4n) is 6.63. The number of ketones is 1. The van der Waals surface area contributed by atoms with Crippen molar-refractivity contribution in [2.45, 2.75) is 57.0 Å². The molecule has 0 aromatic rings. The van der Waals surface area contributed by atoms with E-state index in [0.717, 1.165) is 17.8 Å². The van der Waals surface area contributed by atoms with Crippen molar-refractivity contribution in [1.29, 1.82) is 0 Å². The molecule has 97 heavy (non-hydrogen) atoms. The highest BCUT2D eigenvalue weighted by molar-refractivity contribution is 7.80. The van der Waals surface area contributed by atoms with Crippen molar-refractivity contribution in [1.82, 2.24) is 10.6 Å². The first kappa shape index (κ1) is 94.5. The monoisotopic (exact) mass is 1460 g/mol. The highest BCUT2D eigenvalue weighted by atomic mass is 32.1. The number of nitrogens with two attached hydrogens (primary N) is 1. The highest BCUT2D eigenvalue weighted by Gasteiger charge is 2.69. The van der Waals surface area contributed by atoms with Gasteiger partial charge in [0.15, 0.2) is 0 Å². The number of ether oxygens (including phenoxy) is 24. The van der Waals surface area contributed by atoms with E-state index in [0.29, 0.717) is 218 Å². The van der Waals surface area contributed by atoms with Gasteiger partial charge >= 0.3 is 30.3 Å². The first-order valence-corrected chi connectivity index (χ1v) is 32.8. The average Bonchev–Trinajstić information content (AvgIpc) is 0.791. The third kappa shape index (κ3) is 64.1. The maximum atomic E-state index is 14.2. The minimum atomic E-state index is -6.54. The lowest BCUT2D eigenvalue weighted by Gasteiger charge is -2.30. The lowest BCUT2D eigenvalue weighted by molar-refractivity contribution is -0.499. The molecule has 0 aliphatic rings. The van der Waals surface area contributed by atoms with E-state index < -0.39 is 62.1 Å². The van der Waals surface area contributed by atoms with Crippen LogP contribution >= 0.6 is 12.2 Å². The number of nitrogens with one attached hydrogen (secondary N) is 2. The second-order valence-corrected chi connectivity index (χ2v) is 19.9. The molecule has 0 aromatic carbocycles. The van der Waals surface area contributed by atoms with Gasteiger partial charge in [-0.2, -0.15) is 35.1 Å². The molecule has 0 aliphatic heterocycles. The second-order valence-electron chi connectivity index (χ2n) is 19.4. The Morgan fingerprint density at radius 1 is 0.299 bits per heavy atom. The van der Waals surface area contributed by atoms with Crippen molar-refractivity contribution in [2.24, 2.45) is 5.73 Å². The lowest BCUT2D eigenvalue weighted by atomic mass is 10.2. The summed E-state index contributed by atoms with van der Waals surface area (Å²) < 4.78 is 237. The van der Waals surface area contributed by atoms with Gasteiger partial charge in [0.25, 0.3) is 0 Å². The zero-order chi connectivity index (χ0) is 71.2. The minimum Gasteiger partial charge on any atom is -0.379 e. The van der Waals surface area contributed by atoms with Crippen molar-refractivity contribution in [3.63, 3.8) is 0 Å². The SMILES string of the molecule is CCCC(=S)NCCOCCOCCOCCOCCOCCOCCOCCOCCOCCOCCOCCNC(=O)C(F)(F)OC(F)(F)C(F)(F)OC(F)(F)C(=O)CCCOCCOCCOCCOCCOCCOCCOCCOCCOCCOCCOCCN. The number of carbonyl (C=O) groups excluding carboxylic acids is 2. The number of hydrogen-bond donors (Lipinski definition) is 3. The fraction of sp³-hybridized carbons (Fsp3) is 0.949. The van der Waals surface area contributed by atoms with Gasteiger partial charge in [-0.15, -0.1) is 0 Å². The minimum absolute atomic E-state index is 0.00800. The van der Waals surface area contributed by atoms with E-state index in [1.807, 2.05) is 0 Å². The number of hydrogen-bond acceptors (Lipinski definition) is 28. The van der Waals surface area contributed by atoms with Gasteiger partial charge in [0.05, 0.1) is 289 Å². The Bertz CT molecular complexity index is 1760. The molecule has 0 aliphatic carbocycles. The van der Waals surface area contributed by atoms with Gasteiger partial charge in [-0.3, -0.25) is 9.59 Å². The molecule has 0 fully saturated rings. The van der Waals surface area contributed by atoms with Crippen LogP contribution in [0.25, 0.3) is 0 Å². The van der Waals surface area contributed by atoms with Gasteiger partial charge in [0.2, 0.25) is 5.78 Å². The van der Waals surface area contributed by atoms with Crippen molar-refractivity contribution in [3.8, 4) is 0 Å². The van der Waals surface area contributed by atoms with Crippen LogP contribution in [0.3, 0.4) is 0 Å². The van der Waals surface area contributed by atoms with Gasteiger partial charge in [0, 0.05) is 32.7 Å². The number of alkyl halides is 8. The number of carbonyl (C=O) groups is 2. The Morgan fingerprint density at radius 2 is 0.505 bits per heavy atom. The van der Waals surface area contributed by atoms with Crippen LogP contribution in [0.4, 0.5) is 35.1 Å². The van der Waals surface area contributed by atoms with Crippen LogP contribution in [0.15, 0.2) is 0 Å². The third-order valence-corrected chi connectivity index (χ3v) is 11.8. The van der Waals surface area contributed by atoms with Gasteiger partial charge < -0.3 is 121 Å². The molecule has 578 valence electrons. The van der Waals surface area contributed by atoms with Crippen LogP contribution in [0, 0.1) is 0 Å². The van der Waals surface area contributed by atoms with Crippen LogP contribution in [0.1, 0.15) is 32.6 Å². The summed E-state index contributed by atoms with van der Waals surface area (Å²) in [6.07, 6.45) is -24.2. The molecule has 0 spiro atoms. The molecule has 0 atom stereocenters. The number of rotatable bonds is 81. The maximum Gasteiger partial charge on any atom is 0.453 e. The summed E-state index contributed by atoms with van der Waals surface area (Å²) in [5, 5.41) is 4.56. The van der Waals surface area contributed by atoms with E-state index >= 15 is 0 Å². The summed E-state index contributed by atoms with van der Waals surface area (Å²) in [5.41, 5.74) is 5.33. The Balaban J connectivity index is 3.69. The Hall–Kier alpha value is -2.53. The molecule has 4 N–H and O–H groups in total. The maximum absolute atomic E-state index is 14.2. The van der Waals surface area contributed by atoms with Crippen LogP contribution in [0.2, 0.25) is 0 Å². The number of thiocarbonyl (C=S) groups is 1. The zero-order valence-corrected chi connectivity index (χ0v) is 57.0. The van der Waals surface area contributed by atoms with Crippen molar-refractivity contribution in [2.75, 3.05) is 310 Å². The molecule has 0 bridgehead atoms. The van der Waals surface area contributed by atoms with Gasteiger partial charge in [-0.25, -0.2) is 9.47 Å². The Kier molecular flexibility index (Phi) is 67.4. The average molecular weight is 1460 g/mol. The topological polar surface area (TPSA) is 306 Å². The zero-order valence-electron chi connectivity index (χ0n) is 56.2. The molecule has 0 radical (unpaired) electrons. The molecule has 0 saturated heterocycles. The van der Waals surface area contributed by atoms with Gasteiger partial charge in [0.1, 0.15) is 0 Å².